The zero-order chi connectivity index (χ0) is 14.0. The number of aliphatic carboxylic acids is 1. The summed E-state index contributed by atoms with van der Waals surface area (Å²) < 4.78 is 0.770. The number of piperidine rings is 1. The van der Waals surface area contributed by atoms with Crippen LogP contribution in [-0.2, 0) is 4.79 Å². The third-order valence-electron chi connectivity index (χ3n) is 3.22. The number of benzene rings is 1. The number of carbonyl (C=O) groups excluding carboxylic acids is 1. The molecule has 1 aromatic rings. The van der Waals surface area contributed by atoms with E-state index in [1.54, 1.807) is 23.1 Å². The molecule has 1 atom stereocenters. The molecule has 0 bridgehead atoms. The van der Waals surface area contributed by atoms with E-state index in [-0.39, 0.29) is 12.5 Å². The summed E-state index contributed by atoms with van der Waals surface area (Å²) in [6, 6.07) is 5.07. The van der Waals surface area contributed by atoms with E-state index in [1.165, 1.54) is 0 Å². The molecular formula is C13H13BrClNO3. The third-order valence-corrected chi connectivity index (χ3v) is 4.04. The Bertz CT molecular complexity index is 521. The molecule has 1 heterocycles. The van der Waals surface area contributed by atoms with Gasteiger partial charge in [0.2, 0.25) is 0 Å². The predicted molar refractivity (Wildman–Crippen MR) is 75.4 cm³/mol. The van der Waals surface area contributed by atoms with Crippen molar-refractivity contribution >= 4 is 39.4 Å². The van der Waals surface area contributed by atoms with Crippen LogP contribution < -0.4 is 0 Å². The lowest BCUT2D eigenvalue weighted by Gasteiger charge is -2.31. The molecule has 0 aromatic heterocycles. The van der Waals surface area contributed by atoms with Crippen LogP contribution in [0, 0.1) is 5.92 Å². The van der Waals surface area contributed by atoms with Crippen molar-refractivity contribution in [3.05, 3.63) is 33.3 Å². The first-order valence-electron chi connectivity index (χ1n) is 5.96. The molecule has 1 N–H and O–H groups in total. The first-order valence-corrected chi connectivity index (χ1v) is 7.13. The van der Waals surface area contributed by atoms with Crippen LogP contribution in [0.2, 0.25) is 5.02 Å². The van der Waals surface area contributed by atoms with Crippen LogP contribution in [0.15, 0.2) is 22.7 Å². The van der Waals surface area contributed by atoms with Crippen molar-refractivity contribution in [2.75, 3.05) is 13.1 Å². The molecule has 0 unspecified atom stereocenters. The summed E-state index contributed by atoms with van der Waals surface area (Å²) in [7, 11) is 0. The summed E-state index contributed by atoms with van der Waals surface area (Å²) in [5, 5.41) is 9.42. The third kappa shape index (κ3) is 3.28. The molecule has 1 aromatic carbocycles. The molecule has 0 aliphatic carbocycles. The second-order valence-electron chi connectivity index (χ2n) is 4.55. The maximum atomic E-state index is 12.4. The van der Waals surface area contributed by atoms with Crippen molar-refractivity contribution in [1.82, 2.24) is 4.90 Å². The van der Waals surface area contributed by atoms with Gasteiger partial charge in [-0.1, -0.05) is 27.5 Å². The fourth-order valence-electron chi connectivity index (χ4n) is 2.19. The van der Waals surface area contributed by atoms with Crippen molar-refractivity contribution in [1.29, 1.82) is 0 Å². The lowest BCUT2D eigenvalue weighted by atomic mass is 9.97. The quantitative estimate of drug-likeness (QED) is 0.895. The van der Waals surface area contributed by atoms with Crippen LogP contribution in [-0.4, -0.2) is 35.0 Å². The van der Waals surface area contributed by atoms with Crippen molar-refractivity contribution < 1.29 is 14.7 Å². The first kappa shape index (κ1) is 14.3. The SMILES string of the molecule is O=C(O)[C@H]1CCCN(C(=O)c2cc(Br)ccc2Cl)C1. The summed E-state index contributed by atoms with van der Waals surface area (Å²) in [5.74, 6) is -1.54. The average molecular weight is 347 g/mol. The molecule has 1 saturated heterocycles. The minimum atomic E-state index is -0.849. The van der Waals surface area contributed by atoms with Crippen LogP contribution in [0.5, 0.6) is 0 Å². The molecule has 0 saturated carbocycles. The number of carbonyl (C=O) groups is 2. The van der Waals surface area contributed by atoms with Gasteiger partial charge in [-0.3, -0.25) is 9.59 Å². The van der Waals surface area contributed by atoms with E-state index in [0.29, 0.717) is 30.0 Å². The van der Waals surface area contributed by atoms with E-state index >= 15 is 0 Å². The van der Waals surface area contributed by atoms with Crippen molar-refractivity contribution in [2.24, 2.45) is 5.92 Å². The molecule has 1 amide bonds. The van der Waals surface area contributed by atoms with E-state index in [4.69, 9.17) is 16.7 Å². The number of likely N-dealkylation sites (tertiary alicyclic amines) is 1. The number of amides is 1. The summed E-state index contributed by atoms with van der Waals surface area (Å²) in [5.41, 5.74) is 0.405. The van der Waals surface area contributed by atoms with E-state index in [9.17, 15) is 9.59 Å². The normalized spacial score (nSPS) is 19.3. The molecule has 0 radical (unpaired) electrons. The van der Waals surface area contributed by atoms with Gasteiger partial charge < -0.3 is 10.0 Å². The van der Waals surface area contributed by atoms with Gasteiger partial charge in [0, 0.05) is 17.6 Å². The topological polar surface area (TPSA) is 57.6 Å². The number of rotatable bonds is 2. The Kier molecular flexibility index (Phi) is 4.47. The van der Waals surface area contributed by atoms with Crippen LogP contribution in [0.4, 0.5) is 0 Å². The number of carboxylic acids is 1. The molecule has 1 fully saturated rings. The highest BCUT2D eigenvalue weighted by Crippen LogP contribution is 2.25. The smallest absolute Gasteiger partial charge is 0.308 e. The van der Waals surface area contributed by atoms with E-state index < -0.39 is 11.9 Å². The second-order valence-corrected chi connectivity index (χ2v) is 5.88. The Morgan fingerprint density at radius 3 is 2.84 bits per heavy atom. The Morgan fingerprint density at radius 1 is 1.42 bits per heavy atom. The van der Waals surface area contributed by atoms with E-state index in [0.717, 1.165) is 4.47 Å². The Hall–Kier alpha value is -1.07. The number of hydrogen-bond donors (Lipinski definition) is 1. The maximum Gasteiger partial charge on any atom is 0.308 e. The highest BCUT2D eigenvalue weighted by molar-refractivity contribution is 9.10. The molecule has 1 aliphatic rings. The summed E-state index contributed by atoms with van der Waals surface area (Å²) in [6.07, 6.45) is 1.32. The van der Waals surface area contributed by atoms with E-state index in [1.807, 2.05) is 0 Å². The van der Waals surface area contributed by atoms with Gasteiger partial charge in [-0.25, -0.2) is 0 Å². The van der Waals surface area contributed by atoms with Crippen molar-refractivity contribution in [3.8, 4) is 0 Å². The second kappa shape index (κ2) is 5.92. The molecule has 0 spiro atoms. The molecular weight excluding hydrogens is 334 g/mol. The number of hydrogen-bond acceptors (Lipinski definition) is 2. The highest BCUT2D eigenvalue weighted by Gasteiger charge is 2.29. The maximum absolute atomic E-state index is 12.4. The molecule has 1 aliphatic heterocycles. The van der Waals surface area contributed by atoms with Gasteiger partial charge in [0.1, 0.15) is 0 Å². The summed E-state index contributed by atoms with van der Waals surface area (Å²) >= 11 is 9.32. The lowest BCUT2D eigenvalue weighted by Crippen LogP contribution is -2.42. The fraction of sp³-hybridized carbons (Fsp3) is 0.385. The minimum Gasteiger partial charge on any atom is -0.481 e. The summed E-state index contributed by atoms with van der Waals surface area (Å²) in [6.45, 7) is 0.822. The van der Waals surface area contributed by atoms with Crippen LogP contribution >= 0.6 is 27.5 Å². The van der Waals surface area contributed by atoms with E-state index in [2.05, 4.69) is 15.9 Å². The first-order chi connectivity index (χ1) is 8.99. The highest BCUT2D eigenvalue weighted by atomic mass is 79.9. The Labute approximate surface area is 124 Å². The van der Waals surface area contributed by atoms with Gasteiger partial charge in [0.05, 0.1) is 16.5 Å². The zero-order valence-electron chi connectivity index (χ0n) is 10.1. The number of halogens is 2. The molecule has 102 valence electrons. The van der Waals surface area contributed by atoms with Gasteiger partial charge in [-0.15, -0.1) is 0 Å². The largest absolute Gasteiger partial charge is 0.481 e. The zero-order valence-corrected chi connectivity index (χ0v) is 12.4. The molecule has 19 heavy (non-hydrogen) atoms. The van der Waals surface area contributed by atoms with Gasteiger partial charge >= 0.3 is 5.97 Å². The number of nitrogens with zero attached hydrogens (tertiary/aromatic N) is 1. The minimum absolute atomic E-state index is 0.211. The Balaban J connectivity index is 2.19. The van der Waals surface area contributed by atoms with Crippen LogP contribution in [0.3, 0.4) is 0 Å². The van der Waals surface area contributed by atoms with Crippen molar-refractivity contribution in [2.45, 2.75) is 12.8 Å². The average Bonchev–Trinajstić information content (AvgIpc) is 2.41. The summed E-state index contributed by atoms with van der Waals surface area (Å²) in [4.78, 5) is 24.9. The molecule has 2 rings (SSSR count). The van der Waals surface area contributed by atoms with Crippen LogP contribution in [0.1, 0.15) is 23.2 Å². The lowest BCUT2D eigenvalue weighted by molar-refractivity contribution is -0.143. The number of carboxylic acid groups (broad SMARTS) is 1. The van der Waals surface area contributed by atoms with Gasteiger partial charge in [0.25, 0.3) is 5.91 Å². The standard InChI is InChI=1S/C13H13BrClNO3/c14-9-3-4-11(15)10(6-9)12(17)16-5-1-2-8(7-16)13(18)19/h3-4,6,8H,1-2,5,7H2,(H,18,19)/t8-/m0/s1. The van der Waals surface area contributed by atoms with Gasteiger partial charge in [-0.2, -0.15) is 0 Å². The molecule has 4 nitrogen and oxygen atoms in total. The fourth-order valence-corrected chi connectivity index (χ4v) is 2.75. The van der Waals surface area contributed by atoms with Crippen molar-refractivity contribution in [3.63, 3.8) is 0 Å². The van der Waals surface area contributed by atoms with Crippen LogP contribution in [0.25, 0.3) is 0 Å². The molecule has 6 heteroatoms. The Morgan fingerprint density at radius 2 is 2.16 bits per heavy atom. The monoisotopic (exact) mass is 345 g/mol. The van der Waals surface area contributed by atoms with Gasteiger partial charge in [-0.05, 0) is 31.0 Å². The predicted octanol–water partition coefficient (Wildman–Crippen LogP) is 3.04. The van der Waals surface area contributed by atoms with Gasteiger partial charge in [0.15, 0.2) is 0 Å².